The average molecular weight is 642 g/mol. The van der Waals surface area contributed by atoms with Gasteiger partial charge in [-0.2, -0.15) is 23.2 Å². The molecule has 0 radical (unpaired) electrons. The molecule has 0 saturated heterocycles. The molecule has 8 aromatic rings. The monoisotopic (exact) mass is 642 g/mol. The average Bonchev–Trinajstić information content (AvgIpc) is 3.48. The molecule has 0 bridgehead atoms. The molecule has 4 aliphatic rings. The highest BCUT2D eigenvalue weighted by atomic mass is 32.2. The molecule has 6 heteroatoms. The van der Waals surface area contributed by atoms with E-state index in [1.165, 1.54) is 98.5 Å². The molecule has 12 rings (SSSR count). The number of fused-ring (bicyclic) bond motifs is 11. The topological polar surface area (TPSA) is 8.17 Å². The maximum Gasteiger partial charge on any atom is 0.285 e. The molecule has 0 fully saturated rings. The Labute approximate surface area is 287 Å². The van der Waals surface area contributed by atoms with E-state index in [-0.39, 0.29) is 12.0 Å². The zero-order valence-electron chi connectivity index (χ0n) is 25.7. The highest BCUT2D eigenvalue weighted by molar-refractivity contribution is 8.29. The molecule has 0 unspecified atom stereocenters. The number of hydrogen-bond acceptors (Lipinski definition) is 3. The van der Waals surface area contributed by atoms with Crippen LogP contribution < -0.4 is 26.8 Å². The lowest BCUT2D eigenvalue weighted by Gasteiger charge is -2.46. The van der Waals surface area contributed by atoms with E-state index in [4.69, 9.17) is 0 Å². The molecule has 4 aliphatic heterocycles. The molecule has 2 nitrogen and oxygen atoms in total. The van der Waals surface area contributed by atoms with Crippen molar-refractivity contribution in [2.24, 2.45) is 0 Å². The largest absolute Gasteiger partial charge is 0.312 e. The summed E-state index contributed by atoms with van der Waals surface area (Å²) in [4.78, 5) is 5.33. The predicted octanol–water partition coefficient (Wildman–Crippen LogP) is 8.64. The molecule has 0 aliphatic carbocycles. The fourth-order valence-corrected chi connectivity index (χ4v) is 11.7. The first kappa shape index (κ1) is 26.0. The van der Waals surface area contributed by atoms with E-state index >= 15 is 0 Å². The van der Waals surface area contributed by atoms with Crippen LogP contribution in [0.15, 0.2) is 155 Å². The van der Waals surface area contributed by atoms with Crippen molar-refractivity contribution < 1.29 is 0 Å². The van der Waals surface area contributed by atoms with Gasteiger partial charge in [0, 0.05) is 43.3 Å². The number of para-hydroxylation sites is 2. The lowest BCUT2D eigenvalue weighted by atomic mass is 9.49. The van der Waals surface area contributed by atoms with Gasteiger partial charge in [-0.05, 0) is 92.6 Å². The summed E-state index contributed by atoms with van der Waals surface area (Å²) in [5, 5.41) is 2.59. The first-order chi connectivity index (χ1) is 23.8. The van der Waals surface area contributed by atoms with Crippen molar-refractivity contribution in [3.63, 3.8) is 0 Å². The number of rotatable bonds is 1. The third-order valence-corrected chi connectivity index (χ3v) is 13.5. The van der Waals surface area contributed by atoms with Crippen LogP contribution in [-0.2, 0) is 0 Å². The molecule has 220 valence electrons. The Morgan fingerprint density at radius 2 is 0.896 bits per heavy atom. The first-order valence-corrected chi connectivity index (χ1v) is 18.3. The van der Waals surface area contributed by atoms with Crippen molar-refractivity contribution in [3.8, 4) is 27.9 Å². The highest BCUT2D eigenvalue weighted by Crippen LogP contribution is 2.50. The summed E-state index contributed by atoms with van der Waals surface area (Å²) in [7, 11) is 0. The van der Waals surface area contributed by atoms with Crippen LogP contribution in [-0.4, -0.2) is 16.5 Å². The molecule has 0 spiro atoms. The van der Waals surface area contributed by atoms with Crippen molar-refractivity contribution in [3.05, 3.63) is 146 Å². The van der Waals surface area contributed by atoms with Gasteiger partial charge >= 0.3 is 0 Å². The first-order valence-electron chi connectivity index (χ1n) is 16.6. The standard InChI is InChI=1S/C42H24B2N2S2/c1-5-17-34-26(11-1)27-12-2-6-18-35(27)45(34)25-23-32-42-33(24-25)44-41-31(29-14-4-8-22-39(29)48-44)16-10-20-37(41)46(42)36-19-9-15-30-28-13-3-7-21-38(28)47-43(32)40(30)36/h1-24H. The molecule has 48 heavy (non-hydrogen) atoms. The Morgan fingerprint density at radius 1 is 0.438 bits per heavy atom. The van der Waals surface area contributed by atoms with Crippen molar-refractivity contribution in [2.45, 2.75) is 9.79 Å². The molecule has 7 aromatic carbocycles. The number of aromatic nitrogens is 1. The van der Waals surface area contributed by atoms with Crippen LogP contribution >= 0.6 is 23.2 Å². The Morgan fingerprint density at radius 3 is 1.44 bits per heavy atom. The van der Waals surface area contributed by atoms with E-state index in [9.17, 15) is 0 Å². The van der Waals surface area contributed by atoms with Crippen LogP contribution in [0.1, 0.15) is 0 Å². The Hall–Kier alpha value is -5.03. The van der Waals surface area contributed by atoms with Gasteiger partial charge in [-0.25, -0.2) is 0 Å². The van der Waals surface area contributed by atoms with Crippen LogP contribution in [0.3, 0.4) is 0 Å². The second-order valence-electron chi connectivity index (χ2n) is 13.1. The molecule has 0 N–H and O–H groups in total. The summed E-state index contributed by atoms with van der Waals surface area (Å²) in [6.45, 7) is 0. The third kappa shape index (κ3) is 3.20. The minimum Gasteiger partial charge on any atom is -0.312 e. The van der Waals surface area contributed by atoms with Gasteiger partial charge in [0.05, 0.1) is 11.0 Å². The molecular weight excluding hydrogens is 618 g/mol. The third-order valence-electron chi connectivity index (χ3n) is 10.8. The fourth-order valence-electron chi connectivity index (χ4n) is 8.93. The second-order valence-corrected chi connectivity index (χ2v) is 15.4. The summed E-state index contributed by atoms with van der Waals surface area (Å²) in [6.07, 6.45) is 0. The number of anilines is 3. The van der Waals surface area contributed by atoms with Gasteiger partial charge in [-0.3, -0.25) is 0 Å². The van der Waals surface area contributed by atoms with Crippen molar-refractivity contribution in [1.82, 2.24) is 4.57 Å². The van der Waals surface area contributed by atoms with E-state index < -0.39 is 0 Å². The molecular formula is C42H24B2N2S2. The zero-order valence-corrected chi connectivity index (χ0v) is 27.4. The minimum absolute atomic E-state index is 0.190. The SMILES string of the molecule is c1ccc2c(c1)SB1c3cc(-n4c5ccccc5c5ccccc54)cc4c3N(c3cccc-2c31)c1cccc2c1B4Sc1ccccc1-2. The van der Waals surface area contributed by atoms with Crippen LogP contribution in [0.4, 0.5) is 17.1 Å². The molecule has 5 heterocycles. The normalized spacial score (nSPS) is 14.4. The Kier molecular flexibility index (Phi) is 5.04. The van der Waals surface area contributed by atoms with Gasteiger partial charge < -0.3 is 9.47 Å². The van der Waals surface area contributed by atoms with Crippen molar-refractivity contribution in [1.29, 1.82) is 0 Å². The molecule has 0 saturated carbocycles. The molecule has 0 atom stereocenters. The van der Waals surface area contributed by atoms with Gasteiger partial charge in [0.2, 0.25) is 0 Å². The number of nitrogens with zero attached hydrogens (tertiary/aromatic N) is 2. The maximum atomic E-state index is 2.62. The molecule has 0 amide bonds. The van der Waals surface area contributed by atoms with Gasteiger partial charge in [0.15, 0.2) is 0 Å². The molecule has 1 aromatic heterocycles. The number of hydrogen-bond donors (Lipinski definition) is 0. The van der Waals surface area contributed by atoms with Crippen LogP contribution in [0, 0.1) is 0 Å². The van der Waals surface area contributed by atoms with Gasteiger partial charge in [-0.15, -0.1) is 0 Å². The fraction of sp³-hybridized carbons (Fsp3) is 0. The predicted molar refractivity (Wildman–Crippen MR) is 208 cm³/mol. The van der Waals surface area contributed by atoms with Gasteiger partial charge in [0.25, 0.3) is 12.0 Å². The van der Waals surface area contributed by atoms with Crippen molar-refractivity contribution >= 4 is 95.9 Å². The summed E-state index contributed by atoms with van der Waals surface area (Å²) in [5.74, 6) is 0.379. The smallest absolute Gasteiger partial charge is 0.285 e. The summed E-state index contributed by atoms with van der Waals surface area (Å²) in [6, 6.07) is 54.7. The van der Waals surface area contributed by atoms with Crippen molar-refractivity contribution in [2.75, 3.05) is 4.90 Å². The van der Waals surface area contributed by atoms with E-state index in [1.807, 2.05) is 23.2 Å². The van der Waals surface area contributed by atoms with Crippen LogP contribution in [0.25, 0.3) is 49.7 Å². The second kappa shape index (κ2) is 9.31. The Balaban J connectivity index is 1.23. The van der Waals surface area contributed by atoms with E-state index in [0.29, 0.717) is 0 Å². The quantitative estimate of drug-likeness (QED) is 0.166. The van der Waals surface area contributed by atoms with E-state index in [0.717, 1.165) is 0 Å². The van der Waals surface area contributed by atoms with E-state index in [1.54, 1.807) is 0 Å². The summed E-state index contributed by atoms with van der Waals surface area (Å²) < 4.78 is 2.51. The lowest BCUT2D eigenvalue weighted by molar-refractivity contribution is 1.18. The number of benzene rings is 7. The van der Waals surface area contributed by atoms with Gasteiger partial charge in [0.1, 0.15) is 0 Å². The lowest BCUT2D eigenvalue weighted by Crippen LogP contribution is -2.59. The van der Waals surface area contributed by atoms with Gasteiger partial charge in [-0.1, -0.05) is 97.1 Å². The van der Waals surface area contributed by atoms with E-state index in [2.05, 4.69) is 155 Å². The summed E-state index contributed by atoms with van der Waals surface area (Å²) in [5.41, 5.74) is 18.8. The minimum atomic E-state index is 0.190. The highest BCUT2D eigenvalue weighted by Gasteiger charge is 2.47. The van der Waals surface area contributed by atoms with Crippen LogP contribution in [0.2, 0.25) is 0 Å². The zero-order chi connectivity index (χ0) is 31.1. The Bertz CT molecular complexity index is 2550. The van der Waals surface area contributed by atoms with Crippen LogP contribution in [0.5, 0.6) is 0 Å². The maximum absolute atomic E-state index is 2.62. The summed E-state index contributed by atoms with van der Waals surface area (Å²) >= 11 is 4.04.